The van der Waals surface area contributed by atoms with Gasteiger partial charge in [-0.05, 0) is 176 Å². The lowest BCUT2D eigenvalue weighted by atomic mass is 9.62. The molecule has 8 atom stereocenters. The highest BCUT2D eigenvalue weighted by atomic mass is 15.4. The van der Waals surface area contributed by atoms with Gasteiger partial charge in [0.1, 0.15) is 0 Å². The molecule has 10 rings (SSSR count). The van der Waals surface area contributed by atoms with E-state index in [1.54, 1.807) is 32.1 Å². The van der Waals surface area contributed by atoms with Gasteiger partial charge < -0.3 is 10.6 Å². The van der Waals surface area contributed by atoms with Gasteiger partial charge in [0.15, 0.2) is 0 Å². The van der Waals surface area contributed by atoms with E-state index in [1.165, 1.54) is 161 Å². The van der Waals surface area contributed by atoms with Crippen LogP contribution in [0.4, 0.5) is 0 Å². The van der Waals surface area contributed by atoms with Crippen molar-refractivity contribution in [1.82, 2.24) is 25.8 Å². The van der Waals surface area contributed by atoms with Crippen molar-refractivity contribution >= 4 is 0 Å². The van der Waals surface area contributed by atoms with Crippen molar-refractivity contribution in [2.45, 2.75) is 209 Å². The van der Waals surface area contributed by atoms with Crippen LogP contribution in [0.15, 0.2) is 0 Å². The predicted octanol–water partition coefficient (Wildman–Crippen LogP) is 8.23. The number of likely N-dealkylation sites (tertiary alicyclic amines) is 1. The van der Waals surface area contributed by atoms with Crippen molar-refractivity contribution in [2.24, 2.45) is 40.9 Å². The van der Waals surface area contributed by atoms with E-state index in [2.05, 4.69) is 25.8 Å². The maximum Gasteiger partial charge on any atom is 0.0637 e. The fraction of sp³-hybridized carbons (Fsp3) is 1.00. The molecule has 4 heterocycles. The minimum absolute atomic E-state index is 0.523. The Balaban J connectivity index is 0.839. The molecule has 6 aliphatic carbocycles. The molecule has 5 heteroatoms. The Bertz CT molecular complexity index is 1090. The molecule has 5 nitrogen and oxygen atoms in total. The van der Waals surface area contributed by atoms with Crippen LogP contribution in [0.25, 0.3) is 0 Å². The molecule has 276 valence electrons. The number of nitrogens with zero attached hydrogens (tertiary/aromatic N) is 2. The molecule has 10 fully saturated rings. The summed E-state index contributed by atoms with van der Waals surface area (Å²) >= 11 is 0. The van der Waals surface area contributed by atoms with Gasteiger partial charge in [0, 0.05) is 42.3 Å². The van der Waals surface area contributed by atoms with Crippen LogP contribution in [0.3, 0.4) is 0 Å². The number of fused-ring (bicyclic) bond motifs is 6. The first-order valence-electron chi connectivity index (χ1n) is 22.9. The largest absolute Gasteiger partial charge is 0.316 e. The van der Waals surface area contributed by atoms with Crippen molar-refractivity contribution < 1.29 is 0 Å². The summed E-state index contributed by atoms with van der Waals surface area (Å²) in [5.74, 6) is 5.64. The van der Waals surface area contributed by atoms with Crippen LogP contribution in [-0.4, -0.2) is 77.9 Å². The molecule has 10 aliphatic rings. The average molecular weight is 674 g/mol. The van der Waals surface area contributed by atoms with Crippen LogP contribution in [0.1, 0.15) is 167 Å². The fourth-order valence-corrected chi connectivity index (χ4v) is 16.4. The zero-order valence-corrected chi connectivity index (χ0v) is 31.5. The second-order valence-electron chi connectivity index (χ2n) is 20.4. The third-order valence-electron chi connectivity index (χ3n) is 18.5. The molecule has 0 aromatic rings. The highest BCUT2D eigenvalue weighted by Crippen LogP contribution is 2.67. The zero-order chi connectivity index (χ0) is 32.4. The molecule has 49 heavy (non-hydrogen) atoms. The van der Waals surface area contributed by atoms with E-state index in [0.717, 1.165) is 65.7 Å². The van der Waals surface area contributed by atoms with E-state index >= 15 is 0 Å². The highest BCUT2D eigenvalue weighted by molar-refractivity contribution is 5.19. The second-order valence-corrected chi connectivity index (χ2v) is 20.4. The van der Waals surface area contributed by atoms with Crippen LogP contribution in [-0.2, 0) is 0 Å². The second kappa shape index (κ2) is 13.9. The smallest absolute Gasteiger partial charge is 0.0637 e. The van der Waals surface area contributed by atoms with Gasteiger partial charge in [-0.3, -0.25) is 15.1 Å². The molecule has 6 saturated carbocycles. The number of hydrogen-bond donors (Lipinski definition) is 3. The fourth-order valence-electron chi connectivity index (χ4n) is 16.4. The number of hydrogen-bond acceptors (Lipinski definition) is 5. The van der Waals surface area contributed by atoms with Gasteiger partial charge in [0.25, 0.3) is 0 Å². The Hall–Kier alpha value is -0.200. The van der Waals surface area contributed by atoms with E-state index in [4.69, 9.17) is 0 Å². The van der Waals surface area contributed by atoms with Crippen molar-refractivity contribution in [1.29, 1.82) is 0 Å². The van der Waals surface area contributed by atoms with Gasteiger partial charge in [-0.2, -0.15) is 0 Å². The summed E-state index contributed by atoms with van der Waals surface area (Å²) in [6.07, 6.45) is 39.8. The third kappa shape index (κ3) is 5.86. The van der Waals surface area contributed by atoms with E-state index < -0.39 is 0 Å². The minimum Gasteiger partial charge on any atom is -0.316 e. The molecular weight excluding hydrogens is 599 g/mol. The Morgan fingerprint density at radius 3 is 2.00 bits per heavy atom. The molecular formula is C44H75N5. The lowest BCUT2D eigenvalue weighted by Crippen LogP contribution is -2.64. The van der Waals surface area contributed by atoms with Crippen LogP contribution in [0.2, 0.25) is 0 Å². The lowest BCUT2D eigenvalue weighted by Gasteiger charge is -2.51. The maximum atomic E-state index is 4.48. The molecule has 3 N–H and O–H groups in total. The molecule has 0 amide bonds. The van der Waals surface area contributed by atoms with Gasteiger partial charge in [0.05, 0.1) is 6.17 Å². The van der Waals surface area contributed by atoms with Crippen molar-refractivity contribution in [3.63, 3.8) is 0 Å². The summed E-state index contributed by atoms with van der Waals surface area (Å²) in [5, 5.41) is 12.4. The van der Waals surface area contributed by atoms with Crippen molar-refractivity contribution in [2.75, 3.05) is 26.2 Å². The first kappa shape index (κ1) is 33.4. The predicted molar refractivity (Wildman–Crippen MR) is 201 cm³/mol. The van der Waals surface area contributed by atoms with E-state index in [9.17, 15) is 0 Å². The molecule has 4 saturated heterocycles. The standard InChI is InChI=1S/C44H75N5/c1-3-11-34(12-4-1)48(35-13-5-2-6-14-35)36-26-38-37-15-7-8-16-40(37)49(42(38)47-28-36)44-23-21-43(30-44,22-24-44)33-19-17-31(18-20-33)39-29-45-27-32-10-9-25-46-41(32)39/h31-42,45-47H,1-30H2. The Morgan fingerprint density at radius 1 is 0.531 bits per heavy atom. The van der Waals surface area contributed by atoms with E-state index in [1.807, 2.05) is 0 Å². The molecule has 0 spiro atoms. The Labute approximate surface area is 301 Å². The summed E-state index contributed by atoms with van der Waals surface area (Å²) in [5.41, 5.74) is 1.20. The Morgan fingerprint density at radius 2 is 1.24 bits per heavy atom. The summed E-state index contributed by atoms with van der Waals surface area (Å²) in [6, 6.07) is 4.26. The summed E-state index contributed by atoms with van der Waals surface area (Å²) < 4.78 is 0. The molecule has 4 aliphatic heterocycles. The molecule has 2 bridgehead atoms. The molecule has 0 aromatic heterocycles. The Kier molecular flexibility index (Phi) is 9.46. The first-order valence-corrected chi connectivity index (χ1v) is 22.9. The number of piperidine rings is 3. The summed E-state index contributed by atoms with van der Waals surface area (Å²) in [4.78, 5) is 6.55. The van der Waals surface area contributed by atoms with Gasteiger partial charge in [-0.1, -0.05) is 51.4 Å². The summed E-state index contributed by atoms with van der Waals surface area (Å²) in [6.45, 7) is 5.10. The van der Waals surface area contributed by atoms with E-state index in [-0.39, 0.29) is 0 Å². The van der Waals surface area contributed by atoms with Crippen LogP contribution >= 0.6 is 0 Å². The van der Waals surface area contributed by atoms with Crippen molar-refractivity contribution in [3.05, 3.63) is 0 Å². The van der Waals surface area contributed by atoms with Crippen LogP contribution in [0.5, 0.6) is 0 Å². The number of nitrogens with one attached hydrogen (secondary N) is 3. The maximum absolute atomic E-state index is 4.48. The van der Waals surface area contributed by atoms with Gasteiger partial charge in [-0.25, -0.2) is 0 Å². The third-order valence-corrected chi connectivity index (χ3v) is 18.5. The van der Waals surface area contributed by atoms with Gasteiger partial charge in [0.2, 0.25) is 0 Å². The molecule has 0 radical (unpaired) electrons. The summed E-state index contributed by atoms with van der Waals surface area (Å²) in [7, 11) is 0. The monoisotopic (exact) mass is 674 g/mol. The van der Waals surface area contributed by atoms with Gasteiger partial charge in [-0.15, -0.1) is 0 Å². The molecule has 0 aromatic carbocycles. The topological polar surface area (TPSA) is 42.6 Å². The van der Waals surface area contributed by atoms with Crippen molar-refractivity contribution in [3.8, 4) is 0 Å². The van der Waals surface area contributed by atoms with Gasteiger partial charge >= 0.3 is 0 Å². The zero-order valence-electron chi connectivity index (χ0n) is 31.5. The highest BCUT2D eigenvalue weighted by Gasteiger charge is 2.65. The normalized spacial score (nSPS) is 49.9. The number of rotatable bonds is 6. The van der Waals surface area contributed by atoms with E-state index in [0.29, 0.717) is 17.1 Å². The van der Waals surface area contributed by atoms with Crippen LogP contribution in [0, 0.1) is 40.9 Å². The SMILES string of the molecule is C1CCC(N(C2CCCCC2)C2CNC3C(C2)C2CCCCC2N3C23CCC(C4CCC(C5CNCC6CCCNC65)CC4)(CC2)C3)CC1. The lowest BCUT2D eigenvalue weighted by molar-refractivity contribution is -0.0239. The van der Waals surface area contributed by atoms with Crippen LogP contribution < -0.4 is 16.0 Å². The molecule has 8 unspecified atom stereocenters. The minimum atomic E-state index is 0.523. The quantitative estimate of drug-likeness (QED) is 0.265. The first-order chi connectivity index (χ1) is 24.2. The average Bonchev–Trinajstić information content (AvgIpc) is 3.85.